The van der Waals surface area contributed by atoms with Gasteiger partial charge in [0.1, 0.15) is 85.7 Å². The predicted molar refractivity (Wildman–Crippen MR) is 483 cm³/mol. The van der Waals surface area contributed by atoms with E-state index in [9.17, 15) is 81.1 Å². The van der Waals surface area contributed by atoms with Crippen LogP contribution in [0.2, 0.25) is 20.1 Å². The Morgan fingerprint density at radius 2 is 0.657 bits per heavy atom. The SMILES string of the molecule is CC(=O)Oc1cc(-c2nn(C(=O)c3c(C)cccc3Cl)c3cccc(F)c23)ccc1C(=O)O.CCOCC.COC(=O)c1ccc(-c2nn(C(=O)c3c(C)cccc3Cl)c3cccc(F)c23)cc1OC.Cc1cccc(Cl)c1C(=O)n1nc(-c2ccc(C(=O)O)c(O)c2)c2c(F)cccc21.Cc1cccc(Cl)c1C(=O)n1nc(-c2ccc(C(=O)[O-])c(O)c2)c2c(F)cccc21.O.[Na+].[Na+].[OH-]. The van der Waals surface area contributed by atoms with Gasteiger partial charge in [-0.3, -0.25) is 24.0 Å². The predicted octanol–water partition coefficient (Wildman–Crippen LogP) is 12.9. The van der Waals surface area contributed by atoms with Gasteiger partial charge in [-0.25, -0.2) is 31.9 Å². The van der Waals surface area contributed by atoms with E-state index in [4.69, 9.17) is 70.5 Å². The number of hydrogen-bond donors (Lipinski definition) is 4. The van der Waals surface area contributed by atoms with E-state index >= 15 is 0 Å². The molecular weight excluding hydrogens is 1850 g/mol. The van der Waals surface area contributed by atoms with Gasteiger partial charge in [0.15, 0.2) is 0 Å². The number of aromatic carboxylic acids is 3. The molecule has 16 aromatic rings. The number of nitrogens with zero attached hydrogens (tertiary/aromatic N) is 8. The van der Waals surface area contributed by atoms with Gasteiger partial charge in [0, 0.05) is 48.0 Å². The topological polar surface area (TPSA) is 427 Å². The second-order valence-corrected chi connectivity index (χ2v) is 30.0. The van der Waals surface area contributed by atoms with Gasteiger partial charge in [0.2, 0.25) is 0 Å². The molecule has 4 heterocycles. The average molecular weight is 1920 g/mol. The minimum absolute atomic E-state index is 0. The molecule has 12 aromatic carbocycles. The Labute approximate surface area is 823 Å². The minimum atomic E-state index is -1.55. The smallest absolute Gasteiger partial charge is 0.870 e. The van der Waals surface area contributed by atoms with Gasteiger partial charge >= 0.3 is 83.0 Å². The van der Waals surface area contributed by atoms with E-state index in [0.717, 1.165) is 51.0 Å². The van der Waals surface area contributed by atoms with Crippen LogP contribution in [0.3, 0.4) is 0 Å². The summed E-state index contributed by atoms with van der Waals surface area (Å²) in [5.74, 6) is -11.0. The third kappa shape index (κ3) is 22.1. The first-order chi connectivity index (χ1) is 62.0. The van der Waals surface area contributed by atoms with E-state index in [-0.39, 0.29) is 218 Å². The van der Waals surface area contributed by atoms with Crippen molar-refractivity contribution in [3.63, 3.8) is 0 Å². The van der Waals surface area contributed by atoms with Gasteiger partial charge < -0.3 is 60.2 Å². The molecule has 676 valence electrons. The van der Waals surface area contributed by atoms with Crippen LogP contribution in [0.5, 0.6) is 23.0 Å². The van der Waals surface area contributed by atoms with Crippen molar-refractivity contribution in [2.45, 2.75) is 48.5 Å². The molecule has 7 N–H and O–H groups in total. The van der Waals surface area contributed by atoms with Gasteiger partial charge in [-0.1, -0.05) is 143 Å². The van der Waals surface area contributed by atoms with Crippen molar-refractivity contribution < 1.29 is 175 Å². The number of carboxylic acid groups (broad SMARTS) is 3. The molecular formula is C96H74Cl4F4N8Na2O20. The number of aryl methyl sites for hydroxylation is 4. The van der Waals surface area contributed by atoms with Crippen LogP contribution >= 0.6 is 46.4 Å². The number of aromatic hydroxyl groups is 2. The van der Waals surface area contributed by atoms with Gasteiger partial charge in [-0.05, 0) is 185 Å². The number of aromatic nitrogens is 8. The molecule has 0 saturated heterocycles. The van der Waals surface area contributed by atoms with Crippen molar-refractivity contribution >= 4 is 143 Å². The molecule has 0 atom stereocenters. The number of esters is 2. The van der Waals surface area contributed by atoms with Gasteiger partial charge in [-0.2, -0.15) is 39.1 Å². The summed E-state index contributed by atoms with van der Waals surface area (Å²) in [4.78, 5) is 110. The molecule has 38 heteroatoms. The molecule has 0 fully saturated rings. The monoisotopic (exact) mass is 1920 g/mol. The second-order valence-electron chi connectivity index (χ2n) is 28.4. The molecule has 16 rings (SSSR count). The zero-order chi connectivity index (χ0) is 94.1. The molecule has 0 aliphatic heterocycles. The summed E-state index contributed by atoms with van der Waals surface area (Å²) in [6.07, 6.45) is 0. The first-order valence-corrected chi connectivity index (χ1v) is 40.5. The van der Waals surface area contributed by atoms with Gasteiger partial charge in [-0.15, -0.1) is 0 Å². The third-order valence-electron chi connectivity index (χ3n) is 20.2. The van der Waals surface area contributed by atoms with Crippen LogP contribution in [-0.2, 0) is 14.3 Å². The number of methoxy groups -OCH3 is 2. The molecule has 0 saturated carbocycles. The summed E-state index contributed by atoms with van der Waals surface area (Å²) < 4.78 is 83.5. The van der Waals surface area contributed by atoms with Crippen LogP contribution < -0.4 is 73.7 Å². The number of carboxylic acids is 3. The molecule has 28 nitrogen and oxygen atoms in total. The van der Waals surface area contributed by atoms with E-state index in [2.05, 4.69) is 20.4 Å². The summed E-state index contributed by atoms with van der Waals surface area (Å²) in [6, 6.07) is 53.2. The van der Waals surface area contributed by atoms with Crippen LogP contribution in [0.1, 0.15) is 126 Å². The summed E-state index contributed by atoms with van der Waals surface area (Å²) in [5, 5.41) is 68.3. The van der Waals surface area contributed by atoms with E-state index in [1.54, 1.807) is 125 Å². The molecule has 0 bridgehead atoms. The molecule has 0 amide bonds. The maximum Gasteiger partial charge on any atom is 1.00 e. The fourth-order valence-corrected chi connectivity index (χ4v) is 15.3. The Morgan fingerprint density at radius 3 is 0.903 bits per heavy atom. The number of ether oxygens (including phenoxy) is 4. The zero-order valence-corrected chi connectivity index (χ0v) is 79.8. The number of hydrogen-bond acceptors (Lipinski definition) is 21. The molecule has 0 spiro atoms. The molecule has 0 unspecified atom stereocenters. The number of fused-ring (bicyclic) bond motifs is 4. The van der Waals surface area contributed by atoms with E-state index in [1.165, 1.54) is 123 Å². The Morgan fingerprint density at radius 1 is 0.388 bits per heavy atom. The quantitative estimate of drug-likeness (QED) is 0.0302. The van der Waals surface area contributed by atoms with E-state index in [0.29, 0.717) is 33.3 Å². The largest absolute Gasteiger partial charge is 1.00 e. The fraction of sp³-hybridized carbons (Fsp3) is 0.115. The normalized spacial score (nSPS) is 10.5. The molecule has 4 aromatic heterocycles. The minimum Gasteiger partial charge on any atom is -0.870 e. The number of phenols is 2. The van der Waals surface area contributed by atoms with Crippen molar-refractivity contribution in [2.24, 2.45) is 0 Å². The number of carbonyl (C=O) groups excluding carboxylic acids is 7. The van der Waals surface area contributed by atoms with Crippen molar-refractivity contribution in [3.8, 4) is 68.0 Å². The Hall–Kier alpha value is -13.3. The number of benzene rings is 12. The Bertz CT molecular complexity index is 7020. The van der Waals surface area contributed by atoms with Gasteiger partial charge in [0.25, 0.3) is 23.6 Å². The van der Waals surface area contributed by atoms with E-state index in [1.807, 2.05) is 13.8 Å². The first-order valence-electron chi connectivity index (χ1n) is 39.0. The molecule has 0 aliphatic rings. The number of halogens is 8. The number of carbonyl (C=O) groups is 9. The van der Waals surface area contributed by atoms with Gasteiger partial charge in [0.05, 0.1) is 106 Å². The van der Waals surface area contributed by atoms with Crippen LogP contribution in [0.25, 0.3) is 88.6 Å². The third-order valence-corrected chi connectivity index (χ3v) is 21.4. The fourth-order valence-electron chi connectivity index (χ4n) is 14.1. The average Bonchev–Trinajstić information content (AvgIpc) is 1.63. The summed E-state index contributed by atoms with van der Waals surface area (Å²) in [5.41, 5.74) is 5.39. The van der Waals surface area contributed by atoms with Crippen LogP contribution in [0, 0.1) is 51.0 Å². The maximum absolute atomic E-state index is 14.9. The molecule has 0 aliphatic carbocycles. The second kappa shape index (κ2) is 45.9. The standard InChI is InChI=1S/C24H16ClFN2O5.C24H18ClFN2O4.2C22H14ClFN2O4.C4H10O.2Na.2H2O/c1-12-5-3-6-16(25)20(12)23(30)28-18-8-4-7-17(26)21(18)22(27-28)14-9-10-15(24(31)32)19(11-14)33-13(2)29;1-13-6-4-7-16(25)20(13)23(29)28-18-9-5-8-17(26)21(18)22(27-28)14-10-11-15(24(30)32-3)19(12-14)31-2;2*1-11-4-2-5-14(23)18(11)21(28)26-16-7-3-6-15(24)19(16)20(25-26)12-8-9-13(22(29)30)17(27)10-12;1-3-5-4-2;;;;/h3-11H,1-2H3,(H,31,32);4-12H,1-3H3;2*2-10,27H,1H3,(H,29,30);3-4H2,1-2H3;;;2*1H2/q;;;;;2*+1;;/p-2. The van der Waals surface area contributed by atoms with E-state index < -0.39 is 93.8 Å². The molecule has 134 heavy (non-hydrogen) atoms. The van der Waals surface area contributed by atoms with Crippen molar-refractivity contribution in [1.29, 1.82) is 0 Å². The summed E-state index contributed by atoms with van der Waals surface area (Å²) in [7, 11) is 2.68. The zero-order valence-electron chi connectivity index (χ0n) is 72.8. The van der Waals surface area contributed by atoms with Crippen molar-refractivity contribution in [2.75, 3.05) is 27.4 Å². The summed E-state index contributed by atoms with van der Waals surface area (Å²) in [6.45, 7) is 13.7. The molecule has 0 radical (unpaired) electrons. The maximum atomic E-state index is 14.9. The van der Waals surface area contributed by atoms with Crippen LogP contribution in [-0.4, -0.2) is 151 Å². The first kappa shape index (κ1) is 106. The Balaban J connectivity index is 0.000000214. The number of rotatable bonds is 16. The van der Waals surface area contributed by atoms with Crippen LogP contribution in [0.4, 0.5) is 17.6 Å². The Kier molecular flexibility index (Phi) is 36.3. The van der Waals surface area contributed by atoms with Crippen molar-refractivity contribution in [3.05, 3.63) is 329 Å². The van der Waals surface area contributed by atoms with Crippen LogP contribution in [0.15, 0.2) is 218 Å². The van der Waals surface area contributed by atoms with Crippen molar-refractivity contribution in [1.82, 2.24) is 39.1 Å². The summed E-state index contributed by atoms with van der Waals surface area (Å²) >= 11 is 25.0.